The summed E-state index contributed by atoms with van der Waals surface area (Å²) in [5.74, 6) is 0. The maximum Gasteiger partial charge on any atom is 0.0283 e. The minimum atomic E-state index is 0.0918. The summed E-state index contributed by atoms with van der Waals surface area (Å²) in [4.78, 5) is 0. The van der Waals surface area contributed by atoms with Crippen molar-refractivity contribution < 1.29 is 0 Å². The molecule has 0 fully saturated rings. The molecule has 36 heavy (non-hydrogen) atoms. The molecular weight excluding hydrogens is 500 g/mol. The summed E-state index contributed by atoms with van der Waals surface area (Å²) in [6.07, 6.45) is 0. The molecule has 0 aliphatic rings. The maximum absolute atomic E-state index is 3.76. The fraction of sp³-hybridized carbons (Fsp3) is 0.486. The third kappa shape index (κ3) is 6.71. The third-order valence-electron chi connectivity index (χ3n) is 7.14. The average molecular weight is 548 g/mol. The summed E-state index contributed by atoms with van der Waals surface area (Å²) in [7, 11) is 0. The summed E-state index contributed by atoms with van der Waals surface area (Å²) < 4.78 is 0. The lowest BCUT2D eigenvalue weighted by Gasteiger charge is -2.27. The minimum absolute atomic E-state index is 0.0918. The van der Waals surface area contributed by atoms with Crippen molar-refractivity contribution in [1.82, 2.24) is 0 Å². The van der Waals surface area contributed by atoms with Crippen molar-refractivity contribution in [2.45, 2.75) is 110 Å². The maximum atomic E-state index is 3.76. The lowest BCUT2D eigenvalue weighted by atomic mass is 9.78. The molecule has 3 rings (SSSR count). The van der Waals surface area contributed by atoms with Crippen LogP contribution in [0, 0.1) is 0 Å². The molecule has 0 aliphatic heterocycles. The Balaban J connectivity index is 2.31. The first-order valence-corrected chi connectivity index (χ1v) is 14.4. The van der Waals surface area contributed by atoms with E-state index in [1.54, 1.807) is 0 Å². The van der Waals surface area contributed by atoms with Crippen LogP contribution in [-0.4, -0.2) is 0 Å². The van der Waals surface area contributed by atoms with E-state index in [1.807, 2.05) is 0 Å². The first-order chi connectivity index (χ1) is 16.3. The van der Waals surface area contributed by atoms with Crippen molar-refractivity contribution in [3.63, 3.8) is 0 Å². The van der Waals surface area contributed by atoms with Crippen molar-refractivity contribution in [2.24, 2.45) is 0 Å². The van der Waals surface area contributed by atoms with Gasteiger partial charge in [-0.25, -0.2) is 0 Å². The van der Waals surface area contributed by atoms with Gasteiger partial charge in [0.25, 0.3) is 0 Å². The van der Waals surface area contributed by atoms with E-state index in [0.717, 1.165) is 5.33 Å². The Kier molecular flexibility index (Phi) is 7.80. The average Bonchev–Trinajstić information content (AvgIpc) is 2.75. The van der Waals surface area contributed by atoms with Gasteiger partial charge < -0.3 is 0 Å². The van der Waals surface area contributed by atoms with Gasteiger partial charge in [-0.3, -0.25) is 0 Å². The Morgan fingerprint density at radius 3 is 0.861 bits per heavy atom. The van der Waals surface area contributed by atoms with Crippen molar-refractivity contribution in [2.75, 3.05) is 0 Å². The number of halogens is 1. The van der Waals surface area contributed by atoms with Crippen LogP contribution >= 0.6 is 15.9 Å². The molecule has 194 valence electrons. The highest BCUT2D eigenvalue weighted by atomic mass is 79.9. The fourth-order valence-electron chi connectivity index (χ4n) is 4.42. The molecule has 1 heteroatoms. The van der Waals surface area contributed by atoms with Gasteiger partial charge in [-0.15, -0.1) is 0 Å². The molecule has 0 heterocycles. The number of benzene rings is 3. The molecule has 0 saturated heterocycles. The number of hydrogen-bond donors (Lipinski definition) is 0. The molecule has 0 spiro atoms. The first kappa shape index (κ1) is 28.7. The molecule has 3 aromatic rings. The molecule has 3 aromatic carbocycles. The summed E-state index contributed by atoms with van der Waals surface area (Å²) in [5, 5.41) is 0.837. The van der Waals surface area contributed by atoms with Gasteiger partial charge in [-0.2, -0.15) is 0 Å². The van der Waals surface area contributed by atoms with Gasteiger partial charge in [-0.05, 0) is 77.8 Å². The minimum Gasteiger partial charge on any atom is -0.0876 e. The molecule has 0 saturated carbocycles. The van der Waals surface area contributed by atoms with Crippen molar-refractivity contribution >= 4 is 15.9 Å². The SMILES string of the molecule is CC(C)(C)c1cc(-c2cc(CBr)cc(-c3cc(C(C)(C)C)cc(C(C)(C)C)c3)c2)cc(C(C)(C)C)c1. The van der Waals surface area contributed by atoms with Crippen LogP contribution in [-0.2, 0) is 27.0 Å². The monoisotopic (exact) mass is 546 g/mol. The molecule has 0 nitrogen and oxygen atoms in total. The largest absolute Gasteiger partial charge is 0.0876 e. The number of alkyl halides is 1. The van der Waals surface area contributed by atoms with Crippen molar-refractivity contribution in [3.05, 3.63) is 82.4 Å². The zero-order chi connectivity index (χ0) is 27.3. The number of rotatable bonds is 3. The van der Waals surface area contributed by atoms with E-state index in [1.165, 1.54) is 50.1 Å². The molecule has 0 atom stereocenters. The van der Waals surface area contributed by atoms with E-state index < -0.39 is 0 Å². The second-order valence-electron chi connectivity index (χ2n) is 14.7. The van der Waals surface area contributed by atoms with E-state index in [2.05, 4.69) is 154 Å². The molecule has 0 bridgehead atoms. The Morgan fingerprint density at radius 2 is 0.639 bits per heavy atom. The summed E-state index contributed by atoms with van der Waals surface area (Å²) >= 11 is 3.76. The zero-order valence-electron chi connectivity index (χ0n) is 24.8. The Bertz CT molecular complexity index is 1070. The van der Waals surface area contributed by atoms with E-state index in [0.29, 0.717) is 0 Å². The highest BCUT2D eigenvalue weighted by molar-refractivity contribution is 9.08. The Labute approximate surface area is 230 Å². The quantitative estimate of drug-likeness (QED) is 0.286. The van der Waals surface area contributed by atoms with Gasteiger partial charge in [0.15, 0.2) is 0 Å². The normalized spacial score (nSPS) is 13.2. The van der Waals surface area contributed by atoms with Crippen LogP contribution < -0.4 is 0 Å². The topological polar surface area (TPSA) is 0 Å². The fourth-order valence-corrected chi connectivity index (χ4v) is 4.75. The van der Waals surface area contributed by atoms with Gasteiger partial charge in [-0.1, -0.05) is 148 Å². The summed E-state index contributed by atoms with van der Waals surface area (Å²) in [5.41, 5.74) is 12.4. The molecule has 0 N–H and O–H groups in total. The van der Waals surface area contributed by atoms with Gasteiger partial charge >= 0.3 is 0 Å². The number of hydrogen-bond acceptors (Lipinski definition) is 0. The van der Waals surface area contributed by atoms with Crippen molar-refractivity contribution in [1.29, 1.82) is 0 Å². The molecule has 0 amide bonds. The van der Waals surface area contributed by atoms with Gasteiger partial charge in [0.05, 0.1) is 0 Å². The highest BCUT2D eigenvalue weighted by Gasteiger charge is 2.23. The molecule has 0 aromatic heterocycles. The molecule has 0 radical (unpaired) electrons. The van der Waals surface area contributed by atoms with E-state index in [9.17, 15) is 0 Å². The van der Waals surface area contributed by atoms with Crippen LogP contribution in [0.15, 0.2) is 54.6 Å². The van der Waals surface area contributed by atoms with E-state index in [-0.39, 0.29) is 21.7 Å². The summed E-state index contributed by atoms with van der Waals surface area (Å²) in [6, 6.07) is 21.5. The van der Waals surface area contributed by atoms with Crippen LogP contribution in [0.3, 0.4) is 0 Å². The van der Waals surface area contributed by atoms with Crippen LogP contribution in [0.2, 0.25) is 0 Å². The lowest BCUT2D eigenvalue weighted by Crippen LogP contribution is -2.16. The second-order valence-corrected chi connectivity index (χ2v) is 15.2. The molecule has 0 aliphatic carbocycles. The predicted molar refractivity (Wildman–Crippen MR) is 165 cm³/mol. The van der Waals surface area contributed by atoms with E-state index >= 15 is 0 Å². The van der Waals surface area contributed by atoms with E-state index in [4.69, 9.17) is 0 Å². The lowest BCUT2D eigenvalue weighted by molar-refractivity contribution is 0.568. The van der Waals surface area contributed by atoms with Gasteiger partial charge in [0.2, 0.25) is 0 Å². The van der Waals surface area contributed by atoms with Crippen LogP contribution in [0.5, 0.6) is 0 Å². The van der Waals surface area contributed by atoms with Crippen molar-refractivity contribution in [3.8, 4) is 22.3 Å². The third-order valence-corrected chi connectivity index (χ3v) is 7.79. The van der Waals surface area contributed by atoms with Crippen LogP contribution in [0.25, 0.3) is 22.3 Å². The second kappa shape index (κ2) is 9.79. The summed E-state index contributed by atoms with van der Waals surface area (Å²) in [6.45, 7) is 27.7. The zero-order valence-corrected chi connectivity index (χ0v) is 26.4. The van der Waals surface area contributed by atoms with Gasteiger partial charge in [0.1, 0.15) is 0 Å². The van der Waals surface area contributed by atoms with Crippen LogP contribution in [0.1, 0.15) is 111 Å². The molecular formula is C35H47Br. The Hall–Kier alpha value is -1.86. The first-order valence-electron chi connectivity index (χ1n) is 13.3. The van der Waals surface area contributed by atoms with Crippen LogP contribution in [0.4, 0.5) is 0 Å². The molecule has 0 unspecified atom stereocenters. The smallest absolute Gasteiger partial charge is 0.0283 e. The Morgan fingerprint density at radius 1 is 0.389 bits per heavy atom. The predicted octanol–water partition coefficient (Wildman–Crippen LogP) is 11.1. The highest BCUT2D eigenvalue weighted by Crippen LogP contribution is 2.38. The standard InChI is InChI=1S/C35H47Br/c1-32(2,3)28-16-26(17-29(20-28)33(4,5)6)24-13-23(22-36)14-25(15-24)27-18-30(34(7,8)9)21-31(19-27)35(10,11)12/h13-21H,22H2,1-12H3. The van der Waals surface area contributed by atoms with Gasteiger partial charge in [0, 0.05) is 5.33 Å².